The predicted octanol–water partition coefficient (Wildman–Crippen LogP) is 2.69. The molecule has 0 N–H and O–H groups in total. The van der Waals surface area contributed by atoms with Gasteiger partial charge in [-0.05, 0) is 31.6 Å². The Labute approximate surface area is 91.4 Å². The molecule has 83 valence electrons. The van der Waals surface area contributed by atoms with Crippen LogP contribution in [-0.4, -0.2) is 27.1 Å². The molecule has 0 aromatic heterocycles. The lowest BCUT2D eigenvalue weighted by Crippen LogP contribution is -2.32. The zero-order valence-corrected chi connectivity index (χ0v) is 10.3. The van der Waals surface area contributed by atoms with E-state index in [4.69, 9.17) is 0 Å². The lowest BCUT2D eigenvalue weighted by molar-refractivity contribution is 0.511. The molecule has 1 aromatic carbocycles. The maximum Gasteiger partial charge on any atom is 0.129 e. The minimum atomic E-state index is -0.514. The van der Waals surface area contributed by atoms with Crippen molar-refractivity contribution in [3.05, 3.63) is 35.4 Å². The van der Waals surface area contributed by atoms with Crippen molar-refractivity contribution in [3.63, 3.8) is 0 Å². The third-order valence-electron chi connectivity index (χ3n) is 2.50. The van der Waals surface area contributed by atoms with E-state index in [0.29, 0.717) is 12.0 Å². The lowest BCUT2D eigenvalue weighted by atomic mass is 10.1. The van der Waals surface area contributed by atoms with E-state index >= 15 is 0 Å². The highest BCUT2D eigenvalue weighted by atomic mass is 28.3. The second kappa shape index (κ2) is 5.37. The smallest absolute Gasteiger partial charge is 0.129 e. The zero-order valence-electron chi connectivity index (χ0n) is 9.35. The van der Waals surface area contributed by atoms with E-state index in [2.05, 4.69) is 17.7 Å². The average molecular weight is 228 g/mol. The summed E-state index contributed by atoms with van der Waals surface area (Å²) in [4.78, 5) is 0. The summed E-state index contributed by atoms with van der Waals surface area (Å²) >= 11 is 0. The van der Waals surface area contributed by atoms with E-state index in [1.165, 1.54) is 12.1 Å². The molecular weight excluding hydrogens is 212 g/mol. The highest BCUT2D eigenvalue weighted by molar-refractivity contribution is 6.52. The first-order valence-electron chi connectivity index (χ1n) is 4.96. The molecule has 0 saturated carbocycles. The topological polar surface area (TPSA) is 3.24 Å². The molecule has 0 saturated heterocycles. The maximum absolute atomic E-state index is 13.3. The molecule has 15 heavy (non-hydrogen) atoms. The van der Waals surface area contributed by atoms with Crippen molar-refractivity contribution in [1.82, 2.24) is 4.57 Å². The van der Waals surface area contributed by atoms with Gasteiger partial charge >= 0.3 is 0 Å². The average Bonchev–Trinajstić information content (AvgIpc) is 2.15. The Morgan fingerprint density at radius 3 is 2.47 bits per heavy atom. The Balaban J connectivity index is 2.58. The number of likely N-dealkylation sites (N-methyl/N-ethyl adjacent to an activating group) is 1. The molecule has 0 spiro atoms. The normalized spacial score (nSPS) is 11.4. The predicted molar refractivity (Wildman–Crippen MR) is 60.2 cm³/mol. The van der Waals surface area contributed by atoms with Crippen molar-refractivity contribution in [3.8, 4) is 0 Å². The Bertz CT molecular complexity index is 328. The number of hydrogen-bond acceptors (Lipinski definition) is 1. The molecule has 0 aliphatic rings. The van der Waals surface area contributed by atoms with Crippen LogP contribution < -0.4 is 0 Å². The number of halogens is 2. The summed E-state index contributed by atoms with van der Waals surface area (Å²) in [5.41, 5.74) is 0.589. The molecule has 0 aliphatic carbocycles. The minimum absolute atomic E-state index is 0.440. The van der Waals surface area contributed by atoms with Crippen LogP contribution in [0, 0.1) is 11.6 Å². The summed E-state index contributed by atoms with van der Waals surface area (Å²) in [6.45, 7) is 5.20. The van der Waals surface area contributed by atoms with Crippen molar-refractivity contribution in [2.45, 2.75) is 19.5 Å². The molecule has 0 amide bonds. The van der Waals surface area contributed by atoms with E-state index < -0.39 is 20.6 Å². The van der Waals surface area contributed by atoms with Crippen molar-refractivity contribution in [1.29, 1.82) is 0 Å². The van der Waals surface area contributed by atoms with Crippen molar-refractivity contribution >= 4 is 8.96 Å². The van der Waals surface area contributed by atoms with Gasteiger partial charge in [0.25, 0.3) is 0 Å². The van der Waals surface area contributed by atoms with Gasteiger partial charge in [-0.3, -0.25) is 0 Å². The van der Waals surface area contributed by atoms with Crippen molar-refractivity contribution < 1.29 is 8.78 Å². The first kappa shape index (κ1) is 12.3. The second-order valence-corrected chi connectivity index (χ2v) is 6.51. The SMILES string of the molecule is CN(CCc1ccc(F)cc1F)[Si](C)C. The summed E-state index contributed by atoms with van der Waals surface area (Å²) in [7, 11) is 1.57. The van der Waals surface area contributed by atoms with Gasteiger partial charge in [0.2, 0.25) is 0 Å². The number of benzene rings is 1. The third-order valence-corrected chi connectivity index (χ3v) is 4.25. The summed E-state index contributed by atoms with van der Waals surface area (Å²) < 4.78 is 28.1. The molecule has 1 aromatic rings. The number of rotatable bonds is 4. The monoisotopic (exact) mass is 228 g/mol. The number of nitrogens with zero attached hydrogens (tertiary/aromatic N) is 1. The highest BCUT2D eigenvalue weighted by Crippen LogP contribution is 2.10. The van der Waals surface area contributed by atoms with Gasteiger partial charge < -0.3 is 4.57 Å². The van der Waals surface area contributed by atoms with E-state index in [0.717, 1.165) is 12.6 Å². The molecule has 0 atom stereocenters. The molecule has 0 unspecified atom stereocenters. The molecule has 1 rings (SSSR count). The molecule has 0 aliphatic heterocycles. The van der Waals surface area contributed by atoms with Crippen LogP contribution in [0.25, 0.3) is 0 Å². The fourth-order valence-corrected chi connectivity index (χ4v) is 1.80. The zero-order chi connectivity index (χ0) is 11.4. The van der Waals surface area contributed by atoms with E-state index in [1.54, 1.807) is 0 Å². The summed E-state index contributed by atoms with van der Waals surface area (Å²) in [6.07, 6.45) is 0.637. The Morgan fingerprint density at radius 1 is 1.27 bits per heavy atom. The summed E-state index contributed by atoms with van der Waals surface area (Å²) in [6, 6.07) is 3.78. The first-order chi connectivity index (χ1) is 7.00. The summed E-state index contributed by atoms with van der Waals surface area (Å²) in [5.74, 6) is -0.954. The van der Waals surface area contributed by atoms with Gasteiger partial charge in [0.15, 0.2) is 0 Å². The molecule has 0 heterocycles. The van der Waals surface area contributed by atoms with Crippen LogP contribution in [0.5, 0.6) is 0 Å². The van der Waals surface area contributed by atoms with E-state index in [1.807, 2.05) is 7.05 Å². The van der Waals surface area contributed by atoms with Gasteiger partial charge in [-0.15, -0.1) is 0 Å². The van der Waals surface area contributed by atoms with Gasteiger partial charge in [-0.2, -0.15) is 0 Å². The minimum Gasteiger partial charge on any atom is -0.327 e. The fraction of sp³-hybridized carbons (Fsp3) is 0.455. The van der Waals surface area contributed by atoms with Crippen LogP contribution in [0.2, 0.25) is 13.1 Å². The van der Waals surface area contributed by atoms with E-state index in [-0.39, 0.29) is 0 Å². The Hall–Kier alpha value is -0.743. The fourth-order valence-electron chi connectivity index (χ4n) is 1.24. The molecule has 1 nitrogen and oxygen atoms in total. The van der Waals surface area contributed by atoms with Crippen LogP contribution >= 0.6 is 0 Å². The molecule has 1 radical (unpaired) electrons. The van der Waals surface area contributed by atoms with Crippen LogP contribution in [0.15, 0.2) is 18.2 Å². The van der Waals surface area contributed by atoms with Gasteiger partial charge in [0.1, 0.15) is 20.6 Å². The van der Waals surface area contributed by atoms with Gasteiger partial charge in [0, 0.05) is 6.07 Å². The van der Waals surface area contributed by atoms with Crippen molar-refractivity contribution in [2.24, 2.45) is 0 Å². The van der Waals surface area contributed by atoms with Crippen LogP contribution in [-0.2, 0) is 6.42 Å². The third kappa shape index (κ3) is 3.72. The first-order valence-corrected chi connectivity index (χ1v) is 7.40. The van der Waals surface area contributed by atoms with Crippen LogP contribution in [0.3, 0.4) is 0 Å². The lowest BCUT2D eigenvalue weighted by Gasteiger charge is -2.19. The van der Waals surface area contributed by atoms with Crippen LogP contribution in [0.1, 0.15) is 5.56 Å². The highest BCUT2D eigenvalue weighted by Gasteiger charge is 2.08. The molecule has 4 heteroatoms. The molecular formula is C11H16F2NSi. The Morgan fingerprint density at radius 2 is 1.93 bits per heavy atom. The standard InChI is InChI=1S/C11H16F2NSi/c1-14(15(2)3)7-6-9-4-5-10(12)8-11(9)13/h4-5,8H,6-7H2,1-3H3. The van der Waals surface area contributed by atoms with Gasteiger partial charge in [0.05, 0.1) is 0 Å². The maximum atomic E-state index is 13.3. The van der Waals surface area contributed by atoms with Crippen molar-refractivity contribution in [2.75, 3.05) is 13.6 Å². The van der Waals surface area contributed by atoms with Crippen LogP contribution in [0.4, 0.5) is 8.78 Å². The second-order valence-electron chi connectivity index (χ2n) is 3.85. The molecule has 0 bridgehead atoms. The summed E-state index contributed by atoms with van der Waals surface area (Å²) in [5, 5.41) is 0. The van der Waals surface area contributed by atoms with Gasteiger partial charge in [-0.1, -0.05) is 19.2 Å². The molecule has 0 fully saturated rings. The largest absolute Gasteiger partial charge is 0.327 e. The van der Waals surface area contributed by atoms with Gasteiger partial charge in [-0.25, -0.2) is 8.78 Å². The quantitative estimate of drug-likeness (QED) is 0.716. The number of hydrogen-bond donors (Lipinski definition) is 0. The Kier molecular flexibility index (Phi) is 4.41. The van der Waals surface area contributed by atoms with E-state index in [9.17, 15) is 8.78 Å².